The molecule has 1 atom stereocenters. The summed E-state index contributed by atoms with van der Waals surface area (Å²) in [5, 5.41) is 6.04. The van der Waals surface area contributed by atoms with E-state index in [-0.39, 0.29) is 23.2 Å². The van der Waals surface area contributed by atoms with Crippen LogP contribution >= 0.6 is 11.6 Å². The average Bonchev–Trinajstić information content (AvgIpc) is 2.85. The SMILES string of the molecule is CNC(=O)c1cccc(N(c2nc3ccccc3nc2Nc2cc(OC)ccc2Cl)S(=O)O)c1. The lowest BCUT2D eigenvalue weighted by atomic mass is 10.2. The maximum absolute atomic E-state index is 12.6. The van der Waals surface area contributed by atoms with Gasteiger partial charge in [-0.05, 0) is 42.5 Å². The van der Waals surface area contributed by atoms with Gasteiger partial charge in [-0.2, -0.15) is 0 Å². The third-order valence-electron chi connectivity index (χ3n) is 4.90. The lowest BCUT2D eigenvalue weighted by Gasteiger charge is -2.23. The fraction of sp³-hybridized carbons (Fsp3) is 0.0870. The monoisotopic (exact) mass is 497 g/mol. The zero-order valence-corrected chi connectivity index (χ0v) is 19.7. The van der Waals surface area contributed by atoms with Crippen LogP contribution in [-0.4, -0.2) is 38.8 Å². The van der Waals surface area contributed by atoms with Crippen LogP contribution < -0.4 is 19.7 Å². The number of hydrogen-bond donors (Lipinski definition) is 3. The van der Waals surface area contributed by atoms with Gasteiger partial charge >= 0.3 is 0 Å². The number of nitrogens with zero attached hydrogens (tertiary/aromatic N) is 3. The van der Waals surface area contributed by atoms with E-state index in [9.17, 15) is 13.6 Å². The lowest BCUT2D eigenvalue weighted by Crippen LogP contribution is -2.23. The van der Waals surface area contributed by atoms with Gasteiger partial charge in [0.15, 0.2) is 11.6 Å². The van der Waals surface area contributed by atoms with Gasteiger partial charge in [-0.3, -0.25) is 9.35 Å². The van der Waals surface area contributed by atoms with Crippen LogP contribution in [0.15, 0.2) is 66.7 Å². The fourth-order valence-electron chi connectivity index (χ4n) is 3.28. The van der Waals surface area contributed by atoms with Gasteiger partial charge in [0.25, 0.3) is 17.2 Å². The van der Waals surface area contributed by atoms with Crippen molar-refractivity contribution in [1.82, 2.24) is 15.3 Å². The van der Waals surface area contributed by atoms with Gasteiger partial charge in [0.05, 0.1) is 34.5 Å². The van der Waals surface area contributed by atoms with E-state index in [1.54, 1.807) is 54.6 Å². The average molecular weight is 498 g/mol. The minimum Gasteiger partial charge on any atom is -0.497 e. The maximum Gasteiger partial charge on any atom is 0.268 e. The summed E-state index contributed by atoms with van der Waals surface area (Å²) in [5.41, 5.74) is 2.13. The number of aromatic nitrogens is 2. The summed E-state index contributed by atoms with van der Waals surface area (Å²) in [6.45, 7) is 0. The van der Waals surface area contributed by atoms with Crippen molar-refractivity contribution in [2.45, 2.75) is 0 Å². The first-order valence-electron chi connectivity index (χ1n) is 10.0. The number of benzene rings is 3. The number of ether oxygens (including phenoxy) is 1. The van der Waals surface area contributed by atoms with Crippen LogP contribution in [0.3, 0.4) is 0 Å². The van der Waals surface area contributed by atoms with Crippen molar-refractivity contribution < 1.29 is 18.3 Å². The second kappa shape index (κ2) is 10.0. The molecule has 1 unspecified atom stereocenters. The molecule has 4 rings (SSSR count). The van der Waals surface area contributed by atoms with E-state index in [1.165, 1.54) is 20.2 Å². The summed E-state index contributed by atoms with van der Waals surface area (Å²) in [7, 11) is 3.04. The summed E-state index contributed by atoms with van der Waals surface area (Å²) in [6, 6.07) is 18.5. The highest BCUT2D eigenvalue weighted by atomic mass is 35.5. The number of rotatable bonds is 7. The molecule has 3 N–H and O–H groups in total. The Bertz CT molecular complexity index is 1400. The smallest absolute Gasteiger partial charge is 0.268 e. The molecule has 4 aromatic rings. The molecule has 34 heavy (non-hydrogen) atoms. The molecule has 1 aromatic heterocycles. The first kappa shape index (κ1) is 23.4. The predicted octanol–water partition coefficient (Wildman–Crippen LogP) is 4.67. The van der Waals surface area contributed by atoms with Crippen molar-refractivity contribution in [3.8, 4) is 5.75 Å². The highest BCUT2D eigenvalue weighted by molar-refractivity contribution is 7.81. The van der Waals surface area contributed by atoms with Gasteiger partial charge in [-0.15, -0.1) is 0 Å². The molecule has 0 spiro atoms. The Morgan fingerprint density at radius 3 is 2.47 bits per heavy atom. The molecule has 1 heterocycles. The zero-order valence-electron chi connectivity index (χ0n) is 18.2. The van der Waals surface area contributed by atoms with Crippen LogP contribution in [0.2, 0.25) is 5.02 Å². The second-order valence-corrected chi connectivity index (χ2v) is 8.24. The summed E-state index contributed by atoms with van der Waals surface area (Å²) < 4.78 is 29.2. The van der Waals surface area contributed by atoms with E-state index in [0.717, 1.165) is 4.31 Å². The summed E-state index contributed by atoms with van der Waals surface area (Å²) >= 11 is 3.82. The van der Waals surface area contributed by atoms with Crippen molar-refractivity contribution in [3.05, 3.63) is 77.3 Å². The van der Waals surface area contributed by atoms with Crippen LogP contribution in [0.25, 0.3) is 11.0 Å². The van der Waals surface area contributed by atoms with Crippen LogP contribution in [0, 0.1) is 0 Å². The number of methoxy groups -OCH3 is 1. The molecule has 9 nitrogen and oxygen atoms in total. The van der Waals surface area contributed by atoms with Crippen LogP contribution in [0.1, 0.15) is 10.4 Å². The Morgan fingerprint density at radius 2 is 1.79 bits per heavy atom. The molecule has 3 aromatic carbocycles. The van der Waals surface area contributed by atoms with Gasteiger partial charge in [-0.1, -0.05) is 29.8 Å². The molecule has 0 fully saturated rings. The first-order valence-corrected chi connectivity index (χ1v) is 11.5. The molecule has 1 amide bonds. The fourth-order valence-corrected chi connectivity index (χ4v) is 4.01. The molecule has 0 saturated carbocycles. The third kappa shape index (κ3) is 4.79. The highest BCUT2D eigenvalue weighted by Crippen LogP contribution is 2.36. The first-order chi connectivity index (χ1) is 16.4. The zero-order chi connectivity index (χ0) is 24.2. The summed E-state index contributed by atoms with van der Waals surface area (Å²) in [5.74, 6) is 0.466. The molecule has 0 saturated heterocycles. The molecule has 174 valence electrons. The van der Waals surface area contributed by atoms with Crippen molar-refractivity contribution in [1.29, 1.82) is 0 Å². The number of nitrogens with one attached hydrogen (secondary N) is 2. The van der Waals surface area contributed by atoms with E-state index in [1.807, 2.05) is 6.07 Å². The second-order valence-electron chi connectivity index (χ2n) is 7.01. The Balaban J connectivity index is 1.91. The van der Waals surface area contributed by atoms with Crippen LogP contribution in [0.5, 0.6) is 5.75 Å². The lowest BCUT2D eigenvalue weighted by molar-refractivity contribution is 0.0963. The number of carbonyl (C=O) groups is 1. The number of fused-ring (bicyclic) bond motifs is 1. The van der Waals surface area contributed by atoms with E-state index < -0.39 is 11.3 Å². The Kier molecular flexibility index (Phi) is 6.92. The normalized spacial score (nSPS) is 11.6. The van der Waals surface area contributed by atoms with Crippen molar-refractivity contribution in [3.63, 3.8) is 0 Å². The van der Waals surface area contributed by atoms with E-state index in [2.05, 4.69) is 20.6 Å². The summed E-state index contributed by atoms with van der Waals surface area (Å²) in [4.78, 5) is 21.4. The molecule has 0 aliphatic carbocycles. The topological polar surface area (TPSA) is 117 Å². The molecule has 0 radical (unpaired) electrons. The molecular formula is C23H20ClN5O4S. The molecule has 0 aliphatic rings. The minimum atomic E-state index is -2.55. The number of hydrogen-bond acceptors (Lipinski definition) is 6. The number of carbonyl (C=O) groups excluding carboxylic acids is 1. The van der Waals surface area contributed by atoms with Crippen LogP contribution in [-0.2, 0) is 11.3 Å². The Hall–Kier alpha value is -3.73. The summed E-state index contributed by atoms with van der Waals surface area (Å²) in [6.07, 6.45) is 0. The van der Waals surface area contributed by atoms with Gasteiger partial charge in [-0.25, -0.2) is 18.5 Å². The van der Waals surface area contributed by atoms with Crippen molar-refractivity contribution in [2.75, 3.05) is 23.8 Å². The van der Waals surface area contributed by atoms with Crippen molar-refractivity contribution >= 4 is 62.8 Å². The Labute approximate surface area is 203 Å². The number of amides is 1. The maximum atomic E-state index is 12.6. The predicted molar refractivity (Wildman–Crippen MR) is 134 cm³/mol. The molecular weight excluding hydrogens is 478 g/mol. The van der Waals surface area contributed by atoms with Gasteiger partial charge in [0.1, 0.15) is 5.75 Å². The highest BCUT2D eigenvalue weighted by Gasteiger charge is 2.24. The van der Waals surface area contributed by atoms with E-state index in [0.29, 0.717) is 33.1 Å². The van der Waals surface area contributed by atoms with Gasteiger partial charge in [0.2, 0.25) is 0 Å². The van der Waals surface area contributed by atoms with Gasteiger partial charge in [0, 0.05) is 18.7 Å². The molecule has 0 aliphatic heterocycles. The van der Waals surface area contributed by atoms with Crippen LogP contribution in [0.4, 0.5) is 23.0 Å². The molecule has 0 bridgehead atoms. The number of halogens is 1. The van der Waals surface area contributed by atoms with E-state index >= 15 is 0 Å². The molecule has 11 heteroatoms. The van der Waals surface area contributed by atoms with Crippen molar-refractivity contribution in [2.24, 2.45) is 0 Å². The number of anilines is 4. The minimum absolute atomic E-state index is 0.0625. The Morgan fingerprint density at radius 1 is 1.06 bits per heavy atom. The van der Waals surface area contributed by atoms with Gasteiger partial charge < -0.3 is 15.4 Å². The third-order valence-corrected chi connectivity index (χ3v) is 5.92. The largest absolute Gasteiger partial charge is 0.497 e. The standard InChI is InChI=1S/C23H20ClN5O4S/c1-25-23(30)14-6-5-7-15(12-14)29(34(31)32)22-21(26-18-8-3-4-9-19(18)28-22)27-20-13-16(33-2)10-11-17(20)24/h3-13H,1-2H3,(H,25,30)(H,26,27)(H,31,32). The quantitative estimate of drug-likeness (QED) is 0.318. The number of para-hydroxylation sites is 2. The van der Waals surface area contributed by atoms with E-state index in [4.69, 9.17) is 16.3 Å².